The minimum atomic E-state index is -0.260. The van der Waals surface area contributed by atoms with Crippen LogP contribution in [0, 0.1) is 23.2 Å². The van der Waals surface area contributed by atoms with Crippen LogP contribution in [0.3, 0.4) is 0 Å². The molecule has 4 aliphatic carbocycles. The lowest BCUT2D eigenvalue weighted by Gasteiger charge is -2.56. The number of hydrogen-bond donors (Lipinski definition) is 2. The Morgan fingerprint density at radius 3 is 2.33 bits per heavy atom. The molecule has 4 bridgehead atoms. The van der Waals surface area contributed by atoms with Gasteiger partial charge in [-0.25, -0.2) is 0 Å². The predicted octanol–water partition coefficient (Wildman–Crippen LogP) is 1.55. The van der Waals surface area contributed by atoms with Crippen molar-refractivity contribution in [1.29, 1.82) is 0 Å². The van der Waals surface area contributed by atoms with Crippen molar-refractivity contribution < 1.29 is 14.3 Å². The van der Waals surface area contributed by atoms with Gasteiger partial charge >= 0.3 is 0 Å². The van der Waals surface area contributed by atoms with Crippen LogP contribution in [-0.4, -0.2) is 62.7 Å². The number of likely N-dealkylation sites (tertiary alicyclic amines) is 1. The second-order valence-corrected chi connectivity index (χ2v) is 9.39. The number of ether oxygens (including phenoxy) is 1. The molecule has 0 aromatic carbocycles. The van der Waals surface area contributed by atoms with Crippen LogP contribution in [0.1, 0.15) is 51.4 Å². The number of carbonyl (C=O) groups is 2. The molecule has 1 unspecified atom stereocenters. The van der Waals surface area contributed by atoms with E-state index < -0.39 is 0 Å². The second-order valence-electron chi connectivity index (χ2n) is 9.39. The molecule has 152 valence electrons. The molecule has 27 heavy (non-hydrogen) atoms. The summed E-state index contributed by atoms with van der Waals surface area (Å²) >= 11 is 0. The van der Waals surface area contributed by atoms with E-state index in [1.165, 1.54) is 19.3 Å². The molecule has 1 heterocycles. The third-order valence-electron chi connectivity index (χ3n) is 7.39. The smallest absolute Gasteiger partial charge is 0.242 e. The molecule has 5 aliphatic rings. The zero-order valence-electron chi connectivity index (χ0n) is 16.7. The first kappa shape index (κ1) is 19.2. The maximum atomic E-state index is 13.6. The molecule has 6 nitrogen and oxygen atoms in total. The Balaban J connectivity index is 1.33. The molecule has 4 saturated carbocycles. The first-order chi connectivity index (χ1) is 13.1. The van der Waals surface area contributed by atoms with Crippen LogP contribution in [0.25, 0.3) is 0 Å². The van der Waals surface area contributed by atoms with Gasteiger partial charge in [0.25, 0.3) is 0 Å². The Kier molecular flexibility index (Phi) is 5.74. The van der Waals surface area contributed by atoms with Gasteiger partial charge in [0.1, 0.15) is 6.04 Å². The van der Waals surface area contributed by atoms with E-state index in [4.69, 9.17) is 4.74 Å². The van der Waals surface area contributed by atoms with Gasteiger partial charge in [-0.15, -0.1) is 0 Å². The van der Waals surface area contributed by atoms with Crippen molar-refractivity contribution in [3.05, 3.63) is 0 Å². The summed E-state index contributed by atoms with van der Waals surface area (Å²) in [5, 5.41) is 6.26. The topological polar surface area (TPSA) is 70.7 Å². The quantitative estimate of drug-likeness (QED) is 0.630. The zero-order valence-corrected chi connectivity index (χ0v) is 16.7. The summed E-state index contributed by atoms with van der Waals surface area (Å²) in [6, 6.07) is -0.260. The number of methoxy groups -OCH3 is 1. The molecule has 1 saturated heterocycles. The molecule has 0 radical (unpaired) electrons. The molecule has 5 rings (SSSR count). The highest BCUT2D eigenvalue weighted by atomic mass is 16.5. The van der Waals surface area contributed by atoms with Crippen molar-refractivity contribution in [2.45, 2.75) is 57.4 Å². The standard InChI is InChI=1S/C21H35N3O3/c1-27-8-6-22-4-5-23-19(25)18-3-2-7-24(18)20(26)21-12-15-9-16(13-21)11-17(10-15)14-21/h15-18,22H,2-14H2,1H3,(H,23,25). The Hall–Kier alpha value is -1.14. The van der Waals surface area contributed by atoms with Gasteiger partial charge in [0.15, 0.2) is 0 Å². The molecule has 1 aliphatic heterocycles. The van der Waals surface area contributed by atoms with Crippen LogP contribution in [0.5, 0.6) is 0 Å². The van der Waals surface area contributed by atoms with Gasteiger partial charge in [-0.3, -0.25) is 9.59 Å². The number of nitrogens with one attached hydrogen (secondary N) is 2. The summed E-state index contributed by atoms with van der Waals surface area (Å²) in [6.07, 6.45) is 9.00. The minimum absolute atomic E-state index is 0.0270. The molecule has 2 amide bonds. The Bertz CT molecular complexity index is 530. The summed E-state index contributed by atoms with van der Waals surface area (Å²) in [4.78, 5) is 28.2. The third-order valence-corrected chi connectivity index (χ3v) is 7.39. The van der Waals surface area contributed by atoms with Crippen molar-refractivity contribution in [3.63, 3.8) is 0 Å². The van der Waals surface area contributed by atoms with E-state index in [-0.39, 0.29) is 17.4 Å². The van der Waals surface area contributed by atoms with Crippen LogP contribution in [-0.2, 0) is 14.3 Å². The van der Waals surface area contributed by atoms with Gasteiger partial charge in [0, 0.05) is 33.3 Å². The predicted molar refractivity (Wildman–Crippen MR) is 103 cm³/mol. The monoisotopic (exact) mass is 377 g/mol. The summed E-state index contributed by atoms with van der Waals surface area (Å²) < 4.78 is 5.00. The van der Waals surface area contributed by atoms with Crippen molar-refractivity contribution in [2.24, 2.45) is 23.2 Å². The molecule has 0 aromatic rings. The molecule has 2 N–H and O–H groups in total. The third kappa shape index (κ3) is 3.88. The van der Waals surface area contributed by atoms with E-state index in [0.717, 1.165) is 69.5 Å². The Labute approximate surface area is 162 Å². The van der Waals surface area contributed by atoms with E-state index in [0.29, 0.717) is 19.1 Å². The first-order valence-electron chi connectivity index (χ1n) is 10.9. The number of rotatable bonds is 8. The van der Waals surface area contributed by atoms with Crippen LogP contribution in [0.15, 0.2) is 0 Å². The molecule has 0 aromatic heterocycles. The Morgan fingerprint density at radius 2 is 1.70 bits per heavy atom. The van der Waals surface area contributed by atoms with Gasteiger partial charge < -0.3 is 20.3 Å². The summed E-state index contributed by atoms with van der Waals surface area (Å²) in [5.41, 5.74) is -0.140. The molecule has 6 heteroatoms. The number of carbonyl (C=O) groups excluding carboxylic acids is 2. The van der Waals surface area contributed by atoms with E-state index in [1.54, 1.807) is 7.11 Å². The zero-order chi connectivity index (χ0) is 18.9. The van der Waals surface area contributed by atoms with E-state index in [1.807, 2.05) is 4.90 Å². The van der Waals surface area contributed by atoms with Gasteiger partial charge in [-0.05, 0) is 69.1 Å². The fourth-order valence-corrected chi connectivity index (χ4v) is 6.65. The average Bonchev–Trinajstić information content (AvgIpc) is 3.12. The summed E-state index contributed by atoms with van der Waals surface area (Å²) in [5.74, 6) is 2.60. The second kappa shape index (κ2) is 8.08. The lowest BCUT2D eigenvalue weighted by Crippen LogP contribution is -2.57. The van der Waals surface area contributed by atoms with Crippen LogP contribution >= 0.6 is 0 Å². The summed E-state index contributed by atoms with van der Waals surface area (Å²) in [7, 11) is 1.68. The molecular weight excluding hydrogens is 342 g/mol. The number of hydrogen-bond acceptors (Lipinski definition) is 4. The largest absolute Gasteiger partial charge is 0.383 e. The van der Waals surface area contributed by atoms with E-state index in [9.17, 15) is 9.59 Å². The fraction of sp³-hybridized carbons (Fsp3) is 0.905. The van der Waals surface area contributed by atoms with Gasteiger partial charge in [-0.1, -0.05) is 0 Å². The van der Waals surface area contributed by atoms with Crippen molar-refractivity contribution in [1.82, 2.24) is 15.5 Å². The number of nitrogens with zero attached hydrogens (tertiary/aromatic N) is 1. The lowest BCUT2D eigenvalue weighted by molar-refractivity contribution is -0.160. The normalized spacial score (nSPS) is 37.0. The highest BCUT2D eigenvalue weighted by molar-refractivity contribution is 5.91. The highest BCUT2D eigenvalue weighted by Gasteiger charge is 2.56. The molecule has 1 atom stereocenters. The molecule has 0 spiro atoms. The van der Waals surface area contributed by atoms with Crippen LogP contribution in [0.2, 0.25) is 0 Å². The highest BCUT2D eigenvalue weighted by Crippen LogP contribution is 2.60. The molecular formula is C21H35N3O3. The molecule has 5 fully saturated rings. The van der Waals surface area contributed by atoms with Crippen LogP contribution < -0.4 is 10.6 Å². The van der Waals surface area contributed by atoms with Crippen LogP contribution in [0.4, 0.5) is 0 Å². The van der Waals surface area contributed by atoms with E-state index >= 15 is 0 Å². The van der Waals surface area contributed by atoms with Crippen molar-refractivity contribution in [2.75, 3.05) is 39.9 Å². The van der Waals surface area contributed by atoms with Gasteiger partial charge in [-0.2, -0.15) is 0 Å². The lowest BCUT2D eigenvalue weighted by atomic mass is 9.49. The maximum Gasteiger partial charge on any atom is 0.242 e. The minimum Gasteiger partial charge on any atom is -0.383 e. The van der Waals surface area contributed by atoms with E-state index in [2.05, 4.69) is 10.6 Å². The van der Waals surface area contributed by atoms with Gasteiger partial charge in [0.2, 0.25) is 11.8 Å². The Morgan fingerprint density at radius 1 is 1.04 bits per heavy atom. The van der Waals surface area contributed by atoms with Crippen molar-refractivity contribution in [3.8, 4) is 0 Å². The first-order valence-corrected chi connectivity index (χ1v) is 10.9. The summed E-state index contributed by atoms with van der Waals surface area (Å²) in [6.45, 7) is 3.53. The van der Waals surface area contributed by atoms with Gasteiger partial charge in [0.05, 0.1) is 12.0 Å². The maximum absolute atomic E-state index is 13.6. The fourth-order valence-electron chi connectivity index (χ4n) is 6.65. The number of amides is 2. The SMILES string of the molecule is COCCNCCNC(=O)C1CCCN1C(=O)C12CC3CC(CC(C3)C1)C2. The average molecular weight is 378 g/mol. The van der Waals surface area contributed by atoms with Crippen molar-refractivity contribution >= 4 is 11.8 Å².